The van der Waals surface area contributed by atoms with Gasteiger partial charge in [0.15, 0.2) is 10.1 Å². The number of aromatic nitrogens is 3. The van der Waals surface area contributed by atoms with Gasteiger partial charge in [-0.3, -0.25) is 0 Å². The van der Waals surface area contributed by atoms with Gasteiger partial charge < -0.3 is 4.57 Å². The average molecular weight is 560 g/mol. The monoisotopic (exact) mass is 559 g/mol. The highest BCUT2D eigenvalue weighted by Crippen LogP contribution is 2.46. The molecule has 0 radical (unpaired) electrons. The Balaban J connectivity index is 1.68. The van der Waals surface area contributed by atoms with E-state index in [9.17, 15) is 0 Å². The molecule has 29 heavy (non-hydrogen) atoms. The number of nitriles is 1. The summed E-state index contributed by atoms with van der Waals surface area (Å²) in [6, 6.07) is 12.5. The summed E-state index contributed by atoms with van der Waals surface area (Å²) in [6.07, 6.45) is 5.62. The summed E-state index contributed by atoms with van der Waals surface area (Å²) in [5.41, 5.74) is 5.68. The predicted molar refractivity (Wildman–Crippen MR) is 128 cm³/mol. The Hall–Kier alpha value is -2.05. The molecular formula is C22H19BrIN5. The minimum Gasteiger partial charge on any atom is -0.308 e. The smallest absolute Gasteiger partial charge is 0.172 e. The number of alkyl halides is 1. The number of rotatable bonds is 5. The molecule has 2 aromatic heterocycles. The molecule has 0 bridgehead atoms. The zero-order valence-electron chi connectivity index (χ0n) is 16.2. The number of pyridine rings is 1. The lowest BCUT2D eigenvalue weighted by Crippen LogP contribution is -2.13. The molecule has 1 aliphatic rings. The van der Waals surface area contributed by atoms with E-state index in [0.29, 0.717) is 5.71 Å². The molecule has 146 valence electrons. The summed E-state index contributed by atoms with van der Waals surface area (Å²) >= 11 is 5.95. The normalized spacial score (nSPS) is 18.6. The number of fused-ring (bicyclic) bond motifs is 1. The van der Waals surface area contributed by atoms with Crippen molar-refractivity contribution >= 4 is 55.4 Å². The fraction of sp³-hybridized carbons (Fsp3) is 0.273. The summed E-state index contributed by atoms with van der Waals surface area (Å²) < 4.78 is 2.53. The van der Waals surface area contributed by atoms with Gasteiger partial charge in [-0.05, 0) is 80.7 Å². The van der Waals surface area contributed by atoms with Crippen LogP contribution in [0.3, 0.4) is 0 Å². The van der Waals surface area contributed by atoms with Crippen LogP contribution in [-0.4, -0.2) is 20.2 Å². The largest absolute Gasteiger partial charge is 0.308 e. The van der Waals surface area contributed by atoms with E-state index < -0.39 is 4.45 Å². The van der Waals surface area contributed by atoms with E-state index in [4.69, 9.17) is 10.2 Å². The molecule has 1 atom stereocenters. The lowest BCUT2D eigenvalue weighted by molar-refractivity contribution is 0.716. The first-order valence-corrected chi connectivity index (χ1v) is 11.3. The molecule has 1 unspecified atom stereocenters. The van der Waals surface area contributed by atoms with Crippen LogP contribution in [0.5, 0.6) is 0 Å². The molecule has 0 aliphatic carbocycles. The number of allylic oxidation sites excluding steroid dienone is 1. The quantitative estimate of drug-likeness (QED) is 0.233. The standard InChI is InChI=1S/C22H19BrIN5/c1-3-4-19-27-20-14(2)9-10-26-21(20)29(19)13-15-5-7-16(8-6-15)22(23)18(24)11-17(12-25)28-22/h5-11H,3-4,13H2,1-2H3. The van der Waals surface area contributed by atoms with Crippen LogP contribution >= 0.6 is 38.5 Å². The van der Waals surface area contributed by atoms with Crippen molar-refractivity contribution < 1.29 is 0 Å². The number of halogens is 2. The van der Waals surface area contributed by atoms with Gasteiger partial charge in [0.2, 0.25) is 0 Å². The van der Waals surface area contributed by atoms with Crippen LogP contribution in [0, 0.1) is 18.3 Å². The Kier molecular flexibility index (Phi) is 5.58. The molecule has 3 aromatic rings. The van der Waals surface area contributed by atoms with Crippen LogP contribution in [0.1, 0.15) is 35.9 Å². The molecule has 7 heteroatoms. The van der Waals surface area contributed by atoms with Gasteiger partial charge >= 0.3 is 0 Å². The average Bonchev–Trinajstić information content (AvgIpc) is 3.22. The maximum absolute atomic E-state index is 9.16. The summed E-state index contributed by atoms with van der Waals surface area (Å²) in [4.78, 5) is 14.0. The Morgan fingerprint density at radius 3 is 2.66 bits per heavy atom. The molecule has 3 heterocycles. The summed E-state index contributed by atoms with van der Waals surface area (Å²) in [5.74, 6) is 1.07. The second-order valence-electron chi connectivity index (χ2n) is 7.08. The predicted octanol–water partition coefficient (Wildman–Crippen LogP) is 5.59. The summed E-state index contributed by atoms with van der Waals surface area (Å²) in [5, 5.41) is 9.16. The van der Waals surface area contributed by atoms with Gasteiger partial charge in [0.05, 0.1) is 6.54 Å². The van der Waals surface area contributed by atoms with Gasteiger partial charge in [0.1, 0.15) is 23.1 Å². The van der Waals surface area contributed by atoms with Crippen molar-refractivity contribution in [3.05, 3.63) is 68.7 Å². The Labute approximate surface area is 191 Å². The van der Waals surface area contributed by atoms with Crippen LogP contribution in [0.4, 0.5) is 0 Å². The van der Waals surface area contributed by atoms with E-state index in [-0.39, 0.29) is 0 Å². The topological polar surface area (TPSA) is 66.9 Å². The highest BCUT2D eigenvalue weighted by molar-refractivity contribution is 14.1. The van der Waals surface area contributed by atoms with Crippen LogP contribution in [-0.2, 0) is 17.4 Å². The summed E-state index contributed by atoms with van der Waals surface area (Å²) in [6.45, 7) is 4.96. The first-order chi connectivity index (χ1) is 14.0. The van der Waals surface area contributed by atoms with Crippen molar-refractivity contribution in [2.45, 2.75) is 37.7 Å². The zero-order valence-corrected chi connectivity index (χ0v) is 19.9. The fourth-order valence-electron chi connectivity index (χ4n) is 3.50. The SMILES string of the molecule is CCCc1nc2c(C)ccnc2n1Cc1ccc(C2(Br)N=C(C#N)C=C2I)cc1. The van der Waals surface area contributed by atoms with Gasteiger partial charge in [-0.1, -0.05) is 31.2 Å². The Bertz CT molecular complexity index is 1190. The Morgan fingerprint density at radius 1 is 1.24 bits per heavy atom. The zero-order chi connectivity index (χ0) is 20.6. The van der Waals surface area contributed by atoms with Crippen molar-refractivity contribution in [1.82, 2.24) is 14.5 Å². The van der Waals surface area contributed by atoms with Crippen molar-refractivity contribution in [3.63, 3.8) is 0 Å². The maximum Gasteiger partial charge on any atom is 0.172 e. The molecule has 0 saturated heterocycles. The van der Waals surface area contributed by atoms with Crippen molar-refractivity contribution in [3.8, 4) is 6.07 Å². The third kappa shape index (κ3) is 3.64. The number of nitrogens with zero attached hydrogens (tertiary/aromatic N) is 5. The van der Waals surface area contributed by atoms with E-state index in [1.165, 1.54) is 5.56 Å². The van der Waals surface area contributed by atoms with Gasteiger partial charge in [-0.15, -0.1) is 0 Å². The lowest BCUT2D eigenvalue weighted by Gasteiger charge is -2.20. The summed E-state index contributed by atoms with van der Waals surface area (Å²) in [7, 11) is 0. The van der Waals surface area contributed by atoms with E-state index in [1.807, 2.05) is 18.3 Å². The van der Waals surface area contributed by atoms with Crippen molar-refractivity contribution in [2.24, 2.45) is 4.99 Å². The third-order valence-electron chi connectivity index (χ3n) is 5.03. The van der Waals surface area contributed by atoms with E-state index in [0.717, 1.165) is 51.1 Å². The minimum absolute atomic E-state index is 0.436. The molecule has 0 saturated carbocycles. The highest BCUT2D eigenvalue weighted by Gasteiger charge is 2.36. The number of hydrogen-bond donors (Lipinski definition) is 0. The second kappa shape index (κ2) is 8.00. The first kappa shape index (κ1) is 20.2. The molecule has 1 aliphatic heterocycles. The van der Waals surface area contributed by atoms with Gasteiger partial charge in [0, 0.05) is 16.2 Å². The number of aliphatic imine (C=N–C) groups is 1. The molecule has 5 nitrogen and oxygen atoms in total. The van der Waals surface area contributed by atoms with Gasteiger partial charge in [-0.25, -0.2) is 15.0 Å². The van der Waals surface area contributed by atoms with Gasteiger partial charge in [0.25, 0.3) is 0 Å². The van der Waals surface area contributed by atoms with Crippen molar-refractivity contribution in [1.29, 1.82) is 5.26 Å². The molecule has 0 N–H and O–H groups in total. The lowest BCUT2D eigenvalue weighted by atomic mass is 10.1. The van der Waals surface area contributed by atoms with E-state index >= 15 is 0 Å². The molecule has 0 spiro atoms. The molecule has 0 fully saturated rings. The van der Waals surface area contributed by atoms with Crippen LogP contribution in [0.15, 0.2) is 51.2 Å². The third-order valence-corrected chi connectivity index (χ3v) is 7.93. The van der Waals surface area contributed by atoms with Crippen LogP contribution in [0.25, 0.3) is 11.2 Å². The van der Waals surface area contributed by atoms with Crippen molar-refractivity contribution in [2.75, 3.05) is 0 Å². The molecule has 1 aromatic carbocycles. The number of imidazole rings is 1. The fourth-order valence-corrected chi connectivity index (χ4v) is 4.80. The number of hydrogen-bond acceptors (Lipinski definition) is 4. The number of aryl methyl sites for hydroxylation is 2. The number of benzene rings is 1. The highest BCUT2D eigenvalue weighted by atomic mass is 127. The first-order valence-electron chi connectivity index (χ1n) is 9.43. The molecule has 0 amide bonds. The minimum atomic E-state index is -0.662. The molecule has 4 rings (SSSR count). The van der Waals surface area contributed by atoms with E-state index in [1.54, 1.807) is 0 Å². The van der Waals surface area contributed by atoms with Gasteiger partial charge in [-0.2, -0.15) is 5.26 Å². The Morgan fingerprint density at radius 2 is 2.00 bits per heavy atom. The van der Waals surface area contributed by atoms with Crippen LogP contribution < -0.4 is 0 Å². The maximum atomic E-state index is 9.16. The second-order valence-corrected chi connectivity index (χ2v) is 9.39. The van der Waals surface area contributed by atoms with E-state index in [2.05, 4.69) is 97.2 Å². The molecular weight excluding hydrogens is 541 g/mol. The van der Waals surface area contributed by atoms with Crippen LogP contribution in [0.2, 0.25) is 0 Å².